The number of nitrogens with zero attached hydrogens (tertiary/aromatic N) is 6. The van der Waals surface area contributed by atoms with E-state index in [1.807, 2.05) is 40.8 Å². The van der Waals surface area contributed by atoms with Gasteiger partial charge in [0.1, 0.15) is 23.5 Å². The second-order valence-corrected chi connectivity index (χ2v) is 11.3. The lowest BCUT2D eigenvalue weighted by molar-refractivity contribution is -0.141. The van der Waals surface area contributed by atoms with E-state index in [-0.39, 0.29) is 24.1 Å². The topological polar surface area (TPSA) is 105 Å². The van der Waals surface area contributed by atoms with Crippen molar-refractivity contribution in [3.63, 3.8) is 0 Å². The summed E-state index contributed by atoms with van der Waals surface area (Å²) in [4.78, 5) is 18.1. The van der Waals surface area contributed by atoms with Crippen LogP contribution in [0.3, 0.4) is 0 Å². The van der Waals surface area contributed by atoms with Gasteiger partial charge in [-0.05, 0) is 50.3 Å². The van der Waals surface area contributed by atoms with Crippen LogP contribution in [0.2, 0.25) is 0 Å². The van der Waals surface area contributed by atoms with Crippen LogP contribution in [0.1, 0.15) is 61.8 Å². The van der Waals surface area contributed by atoms with Gasteiger partial charge in [0.05, 0.1) is 23.3 Å². The highest BCUT2D eigenvalue weighted by Crippen LogP contribution is 2.44. The van der Waals surface area contributed by atoms with E-state index in [9.17, 15) is 18.0 Å². The SMILES string of the molecule is Cn1cnnc1[C@@H](c1cccc(-c2n[nH]c3c(C(C)(C)N4CCNC(=O)C4)nc(C(F)(F)F)cc23)c1)C1CCC1. The number of carbonyl (C=O) groups excluding carboxylic acids is 1. The molecule has 1 atom stereocenters. The molecule has 1 saturated carbocycles. The molecule has 0 radical (unpaired) electrons. The summed E-state index contributed by atoms with van der Waals surface area (Å²) in [6.45, 7) is 4.56. The maximum absolute atomic E-state index is 14.1. The Morgan fingerprint density at radius 1 is 1.15 bits per heavy atom. The first-order valence-electron chi connectivity index (χ1n) is 13.5. The number of aromatic amines is 1. The molecule has 1 saturated heterocycles. The van der Waals surface area contributed by atoms with Crippen LogP contribution >= 0.6 is 0 Å². The van der Waals surface area contributed by atoms with Gasteiger partial charge in [-0.15, -0.1) is 10.2 Å². The number of fused-ring (bicyclic) bond motifs is 1. The van der Waals surface area contributed by atoms with Crippen LogP contribution in [0.15, 0.2) is 36.7 Å². The molecule has 6 rings (SSSR count). The van der Waals surface area contributed by atoms with Crippen LogP contribution in [-0.4, -0.2) is 60.4 Å². The Morgan fingerprint density at radius 2 is 1.95 bits per heavy atom. The molecule has 0 bridgehead atoms. The molecule has 0 spiro atoms. The van der Waals surface area contributed by atoms with Gasteiger partial charge in [-0.2, -0.15) is 18.3 Å². The van der Waals surface area contributed by atoms with Crippen molar-refractivity contribution in [2.24, 2.45) is 13.0 Å². The number of rotatable bonds is 6. The molecule has 1 aromatic carbocycles. The molecule has 2 N–H and O–H groups in total. The lowest BCUT2D eigenvalue weighted by Gasteiger charge is -2.40. The third-order valence-electron chi connectivity index (χ3n) is 8.42. The largest absolute Gasteiger partial charge is 0.433 e. The van der Waals surface area contributed by atoms with Crippen LogP contribution in [0, 0.1) is 5.92 Å². The van der Waals surface area contributed by atoms with E-state index in [0.717, 1.165) is 36.7 Å². The van der Waals surface area contributed by atoms with E-state index < -0.39 is 17.4 Å². The first kappa shape index (κ1) is 26.4. The second kappa shape index (κ2) is 9.69. The summed E-state index contributed by atoms with van der Waals surface area (Å²) in [6, 6.07) is 8.88. The Morgan fingerprint density at radius 3 is 2.60 bits per heavy atom. The molecule has 0 unspecified atom stereocenters. The molecule has 9 nitrogen and oxygen atoms in total. The highest BCUT2D eigenvalue weighted by molar-refractivity contribution is 5.95. The first-order chi connectivity index (χ1) is 19.0. The summed E-state index contributed by atoms with van der Waals surface area (Å²) in [6.07, 6.45) is 0.358. The maximum atomic E-state index is 14.1. The van der Waals surface area contributed by atoms with E-state index in [1.165, 1.54) is 0 Å². The fraction of sp³-hybridized carbons (Fsp3) is 0.464. The molecule has 1 aliphatic heterocycles. The number of hydrogen-bond donors (Lipinski definition) is 2. The number of alkyl halides is 3. The van der Waals surface area contributed by atoms with Crippen molar-refractivity contribution in [1.29, 1.82) is 0 Å². The van der Waals surface area contributed by atoms with E-state index in [1.54, 1.807) is 20.2 Å². The molecule has 40 heavy (non-hydrogen) atoms. The predicted octanol–water partition coefficient (Wildman–Crippen LogP) is 4.37. The summed E-state index contributed by atoms with van der Waals surface area (Å²) >= 11 is 0. The fourth-order valence-corrected chi connectivity index (χ4v) is 5.95. The first-order valence-corrected chi connectivity index (χ1v) is 13.5. The number of piperazine rings is 1. The summed E-state index contributed by atoms with van der Waals surface area (Å²) in [5, 5.41) is 19.1. The van der Waals surface area contributed by atoms with Crippen molar-refractivity contribution in [2.75, 3.05) is 19.6 Å². The van der Waals surface area contributed by atoms with Gasteiger partial charge in [0.15, 0.2) is 0 Å². The number of hydrogen-bond acceptors (Lipinski definition) is 6. The zero-order chi connectivity index (χ0) is 28.2. The van der Waals surface area contributed by atoms with Crippen molar-refractivity contribution in [2.45, 2.75) is 50.7 Å². The quantitative estimate of drug-likeness (QED) is 0.368. The van der Waals surface area contributed by atoms with Gasteiger partial charge >= 0.3 is 6.18 Å². The van der Waals surface area contributed by atoms with Crippen LogP contribution < -0.4 is 5.32 Å². The minimum Gasteiger partial charge on any atom is -0.354 e. The van der Waals surface area contributed by atoms with E-state index in [0.29, 0.717) is 41.2 Å². The average molecular weight is 553 g/mol. The van der Waals surface area contributed by atoms with Gasteiger partial charge in [0, 0.05) is 37.0 Å². The Kier molecular flexibility index (Phi) is 6.40. The second-order valence-electron chi connectivity index (χ2n) is 11.3. The van der Waals surface area contributed by atoms with Gasteiger partial charge < -0.3 is 9.88 Å². The standard InChI is InChI=1S/C28H31F3N8O/c1-27(2,39-11-10-32-21(40)14-39)25-24-19(13-20(34-25)28(29,30)31)23(35-36-24)18-9-5-8-17(12-18)22(16-6-4-7-16)26-37-33-15-38(26)3/h5,8-9,12-13,15-16,22H,4,6-7,10-11,14H2,1-3H3,(H,32,40)(H,35,36)/t22-/m1/s1. The Labute approximate surface area is 229 Å². The number of benzene rings is 1. The molecule has 1 amide bonds. The van der Waals surface area contributed by atoms with Gasteiger partial charge in [-0.3, -0.25) is 14.8 Å². The van der Waals surface area contributed by atoms with Crippen molar-refractivity contribution >= 4 is 16.8 Å². The average Bonchev–Trinajstić information content (AvgIpc) is 3.51. The lowest BCUT2D eigenvalue weighted by atomic mass is 9.72. The van der Waals surface area contributed by atoms with E-state index in [4.69, 9.17) is 0 Å². The zero-order valence-electron chi connectivity index (χ0n) is 22.6. The maximum Gasteiger partial charge on any atom is 0.433 e. The van der Waals surface area contributed by atoms with Crippen molar-refractivity contribution in [1.82, 2.24) is 40.2 Å². The minimum atomic E-state index is -4.66. The van der Waals surface area contributed by atoms with Crippen molar-refractivity contribution < 1.29 is 18.0 Å². The zero-order valence-corrected chi connectivity index (χ0v) is 22.6. The van der Waals surface area contributed by atoms with Crippen LogP contribution in [0.4, 0.5) is 13.2 Å². The molecule has 210 valence electrons. The summed E-state index contributed by atoms with van der Waals surface area (Å²) in [5.74, 6) is 1.14. The molecule has 4 aromatic rings. The normalized spacial score (nSPS) is 18.1. The summed E-state index contributed by atoms with van der Waals surface area (Å²) in [5.41, 5.74) is 0.818. The molecular weight excluding hydrogens is 521 g/mol. The number of halogens is 3. The molecule has 2 fully saturated rings. The lowest BCUT2D eigenvalue weighted by Crippen LogP contribution is -2.54. The molecule has 3 aromatic heterocycles. The number of aryl methyl sites for hydroxylation is 1. The fourth-order valence-electron chi connectivity index (χ4n) is 5.95. The number of H-pyrrole nitrogens is 1. The molecular formula is C28H31F3N8O. The van der Waals surface area contributed by atoms with Crippen LogP contribution in [-0.2, 0) is 23.6 Å². The van der Waals surface area contributed by atoms with Crippen LogP contribution in [0.25, 0.3) is 22.2 Å². The highest BCUT2D eigenvalue weighted by Gasteiger charge is 2.40. The van der Waals surface area contributed by atoms with Crippen molar-refractivity contribution in [3.8, 4) is 11.3 Å². The Hall–Kier alpha value is -3.80. The summed E-state index contributed by atoms with van der Waals surface area (Å²) in [7, 11) is 1.92. The number of amides is 1. The third kappa shape index (κ3) is 4.53. The number of pyridine rings is 1. The Balaban J connectivity index is 1.48. The number of carbonyl (C=O) groups is 1. The third-order valence-corrected chi connectivity index (χ3v) is 8.42. The monoisotopic (exact) mass is 552 g/mol. The smallest absolute Gasteiger partial charge is 0.354 e. The molecule has 12 heteroatoms. The van der Waals surface area contributed by atoms with Gasteiger partial charge in [-0.1, -0.05) is 24.6 Å². The molecule has 4 heterocycles. The van der Waals surface area contributed by atoms with Crippen molar-refractivity contribution in [3.05, 3.63) is 59.4 Å². The van der Waals surface area contributed by atoms with E-state index in [2.05, 4.69) is 30.7 Å². The van der Waals surface area contributed by atoms with E-state index >= 15 is 0 Å². The highest BCUT2D eigenvalue weighted by atomic mass is 19.4. The number of nitrogens with one attached hydrogen (secondary N) is 2. The minimum absolute atomic E-state index is 0.0264. The van der Waals surface area contributed by atoms with Crippen LogP contribution in [0.5, 0.6) is 0 Å². The summed E-state index contributed by atoms with van der Waals surface area (Å²) < 4.78 is 44.4. The number of aromatic nitrogens is 6. The Bertz CT molecular complexity index is 1570. The molecule has 2 aliphatic rings. The molecule has 1 aliphatic carbocycles. The van der Waals surface area contributed by atoms with Gasteiger partial charge in [0.25, 0.3) is 0 Å². The predicted molar refractivity (Wildman–Crippen MR) is 142 cm³/mol. The van der Waals surface area contributed by atoms with Gasteiger partial charge in [0.2, 0.25) is 5.91 Å². The van der Waals surface area contributed by atoms with Gasteiger partial charge in [-0.25, -0.2) is 4.98 Å².